The smallest absolute Gasteiger partial charge is 0.138 e. The van der Waals surface area contributed by atoms with Crippen LogP contribution in [0.4, 0.5) is 0 Å². The lowest BCUT2D eigenvalue weighted by Crippen LogP contribution is -2.39. The number of nitrogens with one attached hydrogen (secondary N) is 1. The fourth-order valence-corrected chi connectivity index (χ4v) is 2.91. The van der Waals surface area contributed by atoms with Gasteiger partial charge >= 0.3 is 0 Å². The molecular formula is C13H24N4. The average molecular weight is 236 g/mol. The summed E-state index contributed by atoms with van der Waals surface area (Å²) in [7, 11) is 1.98. The number of aromatic nitrogens is 3. The molecule has 4 nitrogen and oxygen atoms in total. The normalized spacial score (nSPS) is 19.4. The lowest BCUT2D eigenvalue weighted by atomic mass is 9.82. The molecule has 0 amide bonds. The van der Waals surface area contributed by atoms with E-state index in [0.29, 0.717) is 6.04 Å². The number of hydrogen-bond acceptors (Lipinski definition) is 3. The number of nitrogens with zero attached hydrogens (tertiary/aromatic N) is 3. The van der Waals surface area contributed by atoms with E-state index in [0.717, 1.165) is 24.7 Å². The highest BCUT2D eigenvalue weighted by molar-refractivity contribution is 4.92. The Morgan fingerprint density at radius 1 is 1.41 bits per heavy atom. The number of hydrogen-bond donors (Lipinski definition) is 1. The Morgan fingerprint density at radius 3 is 2.76 bits per heavy atom. The Hall–Kier alpha value is -0.900. The molecule has 96 valence electrons. The van der Waals surface area contributed by atoms with E-state index in [2.05, 4.69) is 22.3 Å². The van der Waals surface area contributed by atoms with Crippen LogP contribution in [-0.4, -0.2) is 27.4 Å². The maximum atomic E-state index is 4.34. The van der Waals surface area contributed by atoms with Crippen LogP contribution in [0.2, 0.25) is 0 Å². The highest BCUT2D eigenvalue weighted by Gasteiger charge is 2.24. The fraction of sp³-hybridized carbons (Fsp3) is 0.846. The molecule has 1 aromatic rings. The maximum absolute atomic E-state index is 4.34. The van der Waals surface area contributed by atoms with E-state index >= 15 is 0 Å². The summed E-state index contributed by atoms with van der Waals surface area (Å²) in [6, 6.07) is 0.572. The van der Waals surface area contributed by atoms with Gasteiger partial charge in [0, 0.05) is 19.5 Å². The van der Waals surface area contributed by atoms with E-state index in [-0.39, 0.29) is 0 Å². The first-order chi connectivity index (χ1) is 8.31. The molecule has 0 saturated heterocycles. The quantitative estimate of drug-likeness (QED) is 0.849. The first-order valence-corrected chi connectivity index (χ1v) is 6.87. The lowest BCUT2D eigenvalue weighted by Gasteiger charge is -2.30. The minimum atomic E-state index is 0.572. The third-order valence-electron chi connectivity index (χ3n) is 3.89. The van der Waals surface area contributed by atoms with Gasteiger partial charge in [-0.2, -0.15) is 5.10 Å². The van der Waals surface area contributed by atoms with Gasteiger partial charge in [-0.1, -0.05) is 26.2 Å². The third kappa shape index (κ3) is 3.28. The van der Waals surface area contributed by atoms with E-state index in [1.165, 1.54) is 32.1 Å². The second-order valence-electron chi connectivity index (χ2n) is 5.07. The molecule has 1 aromatic heterocycles. The lowest BCUT2D eigenvalue weighted by molar-refractivity contribution is 0.266. The van der Waals surface area contributed by atoms with Crippen LogP contribution >= 0.6 is 0 Å². The van der Waals surface area contributed by atoms with Crippen LogP contribution in [0.5, 0.6) is 0 Å². The van der Waals surface area contributed by atoms with Crippen molar-refractivity contribution >= 4 is 0 Å². The Kier molecular flexibility index (Phi) is 4.54. The zero-order valence-electron chi connectivity index (χ0n) is 11.0. The van der Waals surface area contributed by atoms with Crippen LogP contribution in [0.25, 0.3) is 0 Å². The summed E-state index contributed by atoms with van der Waals surface area (Å²) in [5, 5.41) is 7.79. The molecule has 4 heteroatoms. The van der Waals surface area contributed by atoms with E-state index in [9.17, 15) is 0 Å². The first-order valence-electron chi connectivity index (χ1n) is 6.87. The minimum absolute atomic E-state index is 0.572. The highest BCUT2D eigenvalue weighted by Crippen LogP contribution is 2.27. The molecule has 0 aliphatic heterocycles. The Balaban J connectivity index is 1.98. The summed E-state index contributed by atoms with van der Waals surface area (Å²) in [5.41, 5.74) is 0. The highest BCUT2D eigenvalue weighted by atomic mass is 15.3. The monoisotopic (exact) mass is 236 g/mol. The summed E-state index contributed by atoms with van der Waals surface area (Å²) >= 11 is 0. The van der Waals surface area contributed by atoms with Crippen molar-refractivity contribution in [3.63, 3.8) is 0 Å². The fourth-order valence-electron chi connectivity index (χ4n) is 2.91. The molecule has 0 radical (unpaired) electrons. The van der Waals surface area contributed by atoms with E-state index in [4.69, 9.17) is 0 Å². The van der Waals surface area contributed by atoms with Gasteiger partial charge in [0.1, 0.15) is 12.2 Å². The Bertz CT molecular complexity index is 328. The zero-order valence-corrected chi connectivity index (χ0v) is 11.0. The summed E-state index contributed by atoms with van der Waals surface area (Å²) in [4.78, 5) is 4.34. The second kappa shape index (κ2) is 6.15. The van der Waals surface area contributed by atoms with Gasteiger partial charge in [-0.15, -0.1) is 0 Å². The molecule has 1 N–H and O–H groups in total. The van der Waals surface area contributed by atoms with E-state index < -0.39 is 0 Å². The second-order valence-corrected chi connectivity index (χ2v) is 5.07. The first kappa shape index (κ1) is 12.6. The molecular weight excluding hydrogens is 212 g/mol. The van der Waals surface area contributed by atoms with Gasteiger partial charge in [-0.05, 0) is 25.3 Å². The molecule has 1 saturated carbocycles. The van der Waals surface area contributed by atoms with Gasteiger partial charge in [0.2, 0.25) is 0 Å². The van der Waals surface area contributed by atoms with Gasteiger partial charge in [-0.3, -0.25) is 4.68 Å². The van der Waals surface area contributed by atoms with Gasteiger partial charge in [0.25, 0.3) is 0 Å². The predicted molar refractivity (Wildman–Crippen MR) is 68.7 cm³/mol. The molecule has 0 aromatic carbocycles. The largest absolute Gasteiger partial charge is 0.314 e. The minimum Gasteiger partial charge on any atom is -0.314 e. The van der Waals surface area contributed by atoms with E-state index in [1.807, 2.05) is 11.7 Å². The van der Waals surface area contributed by atoms with Crippen molar-refractivity contribution in [1.82, 2.24) is 20.1 Å². The Morgan fingerprint density at radius 2 is 2.18 bits per heavy atom. The molecule has 1 heterocycles. The van der Waals surface area contributed by atoms with Gasteiger partial charge in [0.15, 0.2) is 0 Å². The summed E-state index contributed by atoms with van der Waals surface area (Å²) in [6.07, 6.45) is 9.61. The molecule has 1 fully saturated rings. The van der Waals surface area contributed by atoms with Crippen molar-refractivity contribution in [2.75, 3.05) is 6.54 Å². The zero-order chi connectivity index (χ0) is 12.1. The van der Waals surface area contributed by atoms with Crippen LogP contribution in [0, 0.1) is 5.92 Å². The van der Waals surface area contributed by atoms with Gasteiger partial charge < -0.3 is 5.32 Å². The third-order valence-corrected chi connectivity index (χ3v) is 3.89. The summed E-state index contributed by atoms with van der Waals surface area (Å²) in [5.74, 6) is 1.92. The van der Waals surface area contributed by atoms with Crippen LogP contribution in [0.3, 0.4) is 0 Å². The van der Waals surface area contributed by atoms with Crippen molar-refractivity contribution < 1.29 is 0 Å². The predicted octanol–water partition coefficient (Wildman–Crippen LogP) is 1.92. The molecule has 1 aliphatic rings. The van der Waals surface area contributed by atoms with Crippen LogP contribution in [0.1, 0.15) is 44.9 Å². The van der Waals surface area contributed by atoms with Gasteiger partial charge in [0.05, 0.1) is 0 Å². The standard InChI is InChI=1S/C13H24N4/c1-3-14-12(11-7-5-4-6-8-11)9-13-15-10-16-17(13)2/h10-12,14H,3-9H2,1-2H3. The van der Waals surface area contributed by atoms with Crippen LogP contribution in [-0.2, 0) is 13.5 Å². The topological polar surface area (TPSA) is 42.7 Å². The Labute approximate surface area is 104 Å². The van der Waals surface area contributed by atoms with Crippen molar-refractivity contribution in [1.29, 1.82) is 0 Å². The molecule has 17 heavy (non-hydrogen) atoms. The van der Waals surface area contributed by atoms with Gasteiger partial charge in [-0.25, -0.2) is 4.98 Å². The van der Waals surface area contributed by atoms with Crippen LogP contribution in [0.15, 0.2) is 6.33 Å². The molecule has 1 unspecified atom stereocenters. The van der Waals surface area contributed by atoms with Crippen LogP contribution < -0.4 is 5.32 Å². The summed E-state index contributed by atoms with van der Waals surface area (Å²) in [6.45, 7) is 3.23. The average Bonchev–Trinajstić information content (AvgIpc) is 2.76. The maximum Gasteiger partial charge on any atom is 0.138 e. The van der Waals surface area contributed by atoms with E-state index in [1.54, 1.807) is 6.33 Å². The van der Waals surface area contributed by atoms with Crippen molar-refractivity contribution in [3.05, 3.63) is 12.2 Å². The number of likely N-dealkylation sites (N-methyl/N-ethyl adjacent to an activating group) is 1. The van der Waals surface area contributed by atoms with Crippen molar-refractivity contribution in [3.8, 4) is 0 Å². The summed E-state index contributed by atoms with van der Waals surface area (Å²) < 4.78 is 1.90. The number of rotatable bonds is 5. The van der Waals surface area contributed by atoms with Crippen molar-refractivity contribution in [2.24, 2.45) is 13.0 Å². The SMILES string of the molecule is CCNC(Cc1ncnn1C)C1CCCCC1. The molecule has 1 aliphatic carbocycles. The number of aryl methyl sites for hydroxylation is 1. The molecule has 1 atom stereocenters. The molecule has 0 spiro atoms. The molecule has 2 rings (SSSR count). The molecule has 0 bridgehead atoms. The van der Waals surface area contributed by atoms with Crippen molar-refractivity contribution in [2.45, 2.75) is 51.5 Å².